The minimum atomic E-state index is -0.660. The highest BCUT2D eigenvalue weighted by molar-refractivity contribution is 5.92. The van der Waals surface area contributed by atoms with Crippen LogP contribution in [-0.4, -0.2) is 72.5 Å². The van der Waals surface area contributed by atoms with Crippen LogP contribution in [0, 0.1) is 5.92 Å². The van der Waals surface area contributed by atoms with Crippen LogP contribution in [-0.2, 0) is 14.3 Å². The van der Waals surface area contributed by atoms with Crippen LogP contribution in [0.3, 0.4) is 0 Å². The van der Waals surface area contributed by atoms with E-state index in [1.165, 1.54) is 4.90 Å². The van der Waals surface area contributed by atoms with E-state index in [4.69, 9.17) is 4.74 Å². The van der Waals surface area contributed by atoms with E-state index in [1.54, 1.807) is 20.8 Å². The molecule has 1 N–H and O–H groups in total. The van der Waals surface area contributed by atoms with Gasteiger partial charge in [-0.2, -0.15) is 0 Å². The molecule has 142 valence electrons. The van der Waals surface area contributed by atoms with E-state index in [9.17, 15) is 14.4 Å². The average Bonchev–Trinajstić information content (AvgIpc) is 2.52. The number of hydrogen-bond acceptors (Lipinski definition) is 5. The molecular formula is C18H31N3O4. The number of carbonyl (C=O) groups is 3. The van der Waals surface area contributed by atoms with E-state index in [2.05, 4.69) is 17.3 Å². The molecule has 0 aromatic carbocycles. The molecule has 25 heavy (non-hydrogen) atoms. The number of carbonyl (C=O) groups excluding carboxylic acids is 3. The lowest BCUT2D eigenvalue weighted by molar-refractivity contribution is -0.132. The molecule has 0 spiro atoms. The highest BCUT2D eigenvalue weighted by Crippen LogP contribution is 2.20. The number of piperidine rings is 2. The highest BCUT2D eigenvalue weighted by atomic mass is 16.6. The van der Waals surface area contributed by atoms with Gasteiger partial charge >= 0.3 is 6.09 Å². The molecule has 1 atom stereocenters. The summed E-state index contributed by atoms with van der Waals surface area (Å²) < 4.78 is 5.36. The number of nitrogens with zero attached hydrogens (tertiary/aromatic N) is 2. The molecule has 2 rings (SSSR count). The monoisotopic (exact) mass is 353 g/mol. The Bertz CT molecular complexity index is 507. The lowest BCUT2D eigenvalue weighted by atomic mass is 9.96. The van der Waals surface area contributed by atoms with Crippen molar-refractivity contribution in [2.75, 3.05) is 33.2 Å². The van der Waals surface area contributed by atoms with Gasteiger partial charge in [-0.1, -0.05) is 0 Å². The number of amides is 2. The second-order valence-corrected chi connectivity index (χ2v) is 8.19. The Morgan fingerprint density at radius 2 is 1.84 bits per heavy atom. The van der Waals surface area contributed by atoms with Gasteiger partial charge in [-0.25, -0.2) is 4.79 Å². The van der Waals surface area contributed by atoms with Crippen LogP contribution in [0.4, 0.5) is 4.79 Å². The maximum absolute atomic E-state index is 12.6. The standard InChI is InChI=1S/C18H31N3O4/c1-18(2,3)25-17(24)21-12-14(22)5-6-15(21)16(23)19-11-13-7-9-20(4)10-8-13/h13,15H,5-12H2,1-4H3,(H,19,23). The summed E-state index contributed by atoms with van der Waals surface area (Å²) >= 11 is 0. The van der Waals surface area contributed by atoms with Crippen molar-refractivity contribution in [3.8, 4) is 0 Å². The third kappa shape index (κ3) is 5.99. The minimum Gasteiger partial charge on any atom is -0.444 e. The Morgan fingerprint density at radius 3 is 2.44 bits per heavy atom. The number of hydrogen-bond donors (Lipinski definition) is 1. The van der Waals surface area contributed by atoms with Gasteiger partial charge in [0.1, 0.15) is 11.6 Å². The maximum atomic E-state index is 12.6. The molecule has 0 radical (unpaired) electrons. The van der Waals surface area contributed by atoms with Crippen LogP contribution in [0.2, 0.25) is 0 Å². The first kappa shape index (κ1) is 19.7. The van der Waals surface area contributed by atoms with E-state index in [-0.39, 0.29) is 18.2 Å². The lowest BCUT2D eigenvalue weighted by Gasteiger charge is -2.35. The van der Waals surface area contributed by atoms with Crippen LogP contribution < -0.4 is 5.32 Å². The van der Waals surface area contributed by atoms with Gasteiger partial charge < -0.3 is 15.0 Å². The van der Waals surface area contributed by atoms with E-state index >= 15 is 0 Å². The van der Waals surface area contributed by atoms with Gasteiger partial charge in [0.15, 0.2) is 5.78 Å². The van der Waals surface area contributed by atoms with Crippen molar-refractivity contribution in [3.63, 3.8) is 0 Å². The van der Waals surface area contributed by atoms with Crippen molar-refractivity contribution in [1.82, 2.24) is 15.1 Å². The summed E-state index contributed by atoms with van der Waals surface area (Å²) in [5, 5.41) is 2.98. The molecule has 2 amide bonds. The quantitative estimate of drug-likeness (QED) is 0.830. The van der Waals surface area contributed by atoms with Gasteiger partial charge in [-0.15, -0.1) is 0 Å². The predicted octanol–water partition coefficient (Wildman–Crippen LogP) is 1.41. The smallest absolute Gasteiger partial charge is 0.411 e. The van der Waals surface area contributed by atoms with Crippen molar-refractivity contribution in [2.45, 2.75) is 58.1 Å². The van der Waals surface area contributed by atoms with Crippen molar-refractivity contribution >= 4 is 17.8 Å². The number of Topliss-reactive ketones (excluding diaryl/α,β-unsaturated/α-hetero) is 1. The van der Waals surface area contributed by atoms with E-state index in [0.717, 1.165) is 25.9 Å². The number of likely N-dealkylation sites (tertiary alicyclic amines) is 2. The minimum absolute atomic E-state index is 0.0368. The Morgan fingerprint density at radius 1 is 1.20 bits per heavy atom. The molecule has 0 bridgehead atoms. The fourth-order valence-electron chi connectivity index (χ4n) is 3.25. The van der Waals surface area contributed by atoms with Crippen molar-refractivity contribution in [2.24, 2.45) is 5.92 Å². The van der Waals surface area contributed by atoms with Crippen LogP contribution in [0.15, 0.2) is 0 Å². The van der Waals surface area contributed by atoms with E-state index in [0.29, 0.717) is 25.3 Å². The summed E-state index contributed by atoms with van der Waals surface area (Å²) in [4.78, 5) is 40.3. The fourth-order valence-corrected chi connectivity index (χ4v) is 3.25. The fraction of sp³-hybridized carbons (Fsp3) is 0.833. The topological polar surface area (TPSA) is 79.0 Å². The summed E-state index contributed by atoms with van der Waals surface area (Å²) in [7, 11) is 2.10. The molecule has 2 aliphatic heterocycles. The summed E-state index contributed by atoms with van der Waals surface area (Å²) in [6.45, 7) is 7.97. The Kier molecular flexibility index (Phi) is 6.43. The molecule has 2 heterocycles. The zero-order valence-electron chi connectivity index (χ0n) is 15.8. The van der Waals surface area contributed by atoms with Crippen molar-refractivity contribution in [1.29, 1.82) is 0 Å². The second-order valence-electron chi connectivity index (χ2n) is 8.19. The normalized spacial score (nSPS) is 23.4. The Labute approximate surface area is 150 Å². The maximum Gasteiger partial charge on any atom is 0.411 e. The van der Waals surface area contributed by atoms with Gasteiger partial charge in [0.25, 0.3) is 0 Å². The molecule has 0 saturated carbocycles. The zero-order valence-corrected chi connectivity index (χ0v) is 15.8. The molecule has 7 nitrogen and oxygen atoms in total. The lowest BCUT2D eigenvalue weighted by Crippen LogP contribution is -2.55. The SMILES string of the molecule is CN1CCC(CNC(=O)C2CCC(=O)CN2C(=O)OC(C)(C)C)CC1. The number of rotatable bonds is 3. The highest BCUT2D eigenvalue weighted by Gasteiger charge is 2.37. The molecule has 7 heteroatoms. The Hall–Kier alpha value is -1.63. The van der Waals surface area contributed by atoms with E-state index in [1.807, 2.05) is 0 Å². The average molecular weight is 353 g/mol. The molecule has 2 fully saturated rings. The first-order valence-electron chi connectivity index (χ1n) is 9.13. The Balaban J connectivity index is 1.92. The summed E-state index contributed by atoms with van der Waals surface area (Å²) in [5.41, 5.74) is -0.660. The van der Waals surface area contributed by atoms with E-state index < -0.39 is 17.7 Å². The van der Waals surface area contributed by atoms with Gasteiger partial charge in [0.05, 0.1) is 6.54 Å². The van der Waals surface area contributed by atoms with Crippen LogP contribution >= 0.6 is 0 Å². The first-order valence-corrected chi connectivity index (χ1v) is 9.13. The van der Waals surface area contributed by atoms with Gasteiger partial charge in [0, 0.05) is 13.0 Å². The van der Waals surface area contributed by atoms with Crippen LogP contribution in [0.5, 0.6) is 0 Å². The van der Waals surface area contributed by atoms with Crippen LogP contribution in [0.25, 0.3) is 0 Å². The number of nitrogens with one attached hydrogen (secondary N) is 1. The van der Waals surface area contributed by atoms with Gasteiger partial charge in [0.2, 0.25) is 5.91 Å². The number of ketones is 1. The molecule has 1 unspecified atom stereocenters. The largest absolute Gasteiger partial charge is 0.444 e. The van der Waals surface area contributed by atoms with Gasteiger partial charge in [-0.3, -0.25) is 14.5 Å². The zero-order chi connectivity index (χ0) is 18.6. The first-order chi connectivity index (χ1) is 11.7. The predicted molar refractivity (Wildman–Crippen MR) is 94.2 cm³/mol. The summed E-state index contributed by atoms with van der Waals surface area (Å²) in [6, 6.07) is -0.626. The second kappa shape index (κ2) is 8.17. The molecule has 2 aliphatic rings. The molecular weight excluding hydrogens is 322 g/mol. The van der Waals surface area contributed by atoms with Crippen molar-refractivity contribution in [3.05, 3.63) is 0 Å². The molecule has 0 aromatic heterocycles. The summed E-state index contributed by atoms with van der Waals surface area (Å²) in [5.74, 6) is 0.253. The van der Waals surface area contributed by atoms with Gasteiger partial charge in [-0.05, 0) is 66.1 Å². The number of ether oxygens (including phenoxy) is 1. The third-order valence-electron chi connectivity index (χ3n) is 4.75. The van der Waals surface area contributed by atoms with Crippen LogP contribution in [0.1, 0.15) is 46.5 Å². The van der Waals surface area contributed by atoms with Crippen molar-refractivity contribution < 1.29 is 19.1 Å². The molecule has 2 saturated heterocycles. The third-order valence-corrected chi connectivity index (χ3v) is 4.75. The molecule has 0 aliphatic carbocycles. The molecule has 0 aromatic rings. The summed E-state index contributed by atoms with van der Waals surface area (Å²) in [6.07, 6.45) is 2.22.